The van der Waals surface area contributed by atoms with E-state index in [0.717, 1.165) is 34.8 Å². The van der Waals surface area contributed by atoms with Gasteiger partial charge in [0, 0.05) is 17.1 Å². The lowest BCUT2D eigenvalue weighted by molar-refractivity contribution is -0.274. The molecule has 0 fully saturated rings. The van der Waals surface area contributed by atoms with Crippen molar-refractivity contribution in [3.05, 3.63) is 48.5 Å². The first kappa shape index (κ1) is 21.9. The van der Waals surface area contributed by atoms with Crippen molar-refractivity contribution >= 4 is 45.4 Å². The third kappa shape index (κ3) is 4.77. The van der Waals surface area contributed by atoms with Crippen LogP contribution in [0.25, 0.3) is 22.1 Å². The van der Waals surface area contributed by atoms with E-state index >= 15 is 0 Å². The van der Waals surface area contributed by atoms with E-state index in [0.29, 0.717) is 22.0 Å². The maximum absolute atomic E-state index is 12.3. The molecule has 2 aromatic carbocycles. The molecular formula is C21H18F3N5O2S. The molecule has 0 aliphatic carbocycles. The van der Waals surface area contributed by atoms with E-state index in [1.807, 2.05) is 24.3 Å². The number of hydrogen-bond acceptors (Lipinski definition) is 6. The molecule has 1 amide bonds. The van der Waals surface area contributed by atoms with E-state index in [4.69, 9.17) is 0 Å². The van der Waals surface area contributed by atoms with Crippen molar-refractivity contribution in [2.24, 2.45) is 0 Å². The van der Waals surface area contributed by atoms with Gasteiger partial charge in [0.2, 0.25) is 11.1 Å². The van der Waals surface area contributed by atoms with Crippen LogP contribution in [0.2, 0.25) is 0 Å². The summed E-state index contributed by atoms with van der Waals surface area (Å²) in [6, 6.07) is 12.9. The quantitative estimate of drug-likeness (QED) is 0.398. The molecule has 4 rings (SSSR count). The summed E-state index contributed by atoms with van der Waals surface area (Å²) in [5.74, 6) is -0.707. The zero-order valence-corrected chi connectivity index (χ0v) is 17.9. The Morgan fingerprint density at radius 2 is 1.84 bits per heavy atom. The van der Waals surface area contributed by atoms with Gasteiger partial charge >= 0.3 is 6.36 Å². The van der Waals surface area contributed by atoms with Crippen LogP contribution in [-0.2, 0) is 4.79 Å². The van der Waals surface area contributed by atoms with E-state index in [-0.39, 0.29) is 23.5 Å². The Kier molecular flexibility index (Phi) is 5.92. The fourth-order valence-corrected chi connectivity index (χ4v) is 3.88. The van der Waals surface area contributed by atoms with E-state index in [2.05, 4.69) is 43.6 Å². The molecule has 2 heterocycles. The average molecular weight is 461 g/mol. The number of hydrogen-bond donors (Lipinski definition) is 1. The number of thioether (sulfide) groups is 1. The van der Waals surface area contributed by atoms with Gasteiger partial charge in [-0.25, -0.2) is 4.98 Å². The largest absolute Gasteiger partial charge is 0.573 e. The normalized spacial score (nSPS) is 11.9. The van der Waals surface area contributed by atoms with Gasteiger partial charge in [-0.2, -0.15) is 0 Å². The van der Waals surface area contributed by atoms with Gasteiger partial charge in [-0.15, -0.1) is 23.4 Å². The number of fused-ring (bicyclic) bond motifs is 3. The monoisotopic (exact) mass is 461 g/mol. The van der Waals surface area contributed by atoms with Crippen LogP contribution in [0.5, 0.6) is 5.75 Å². The van der Waals surface area contributed by atoms with Gasteiger partial charge in [0.1, 0.15) is 11.3 Å². The highest BCUT2D eigenvalue weighted by Gasteiger charge is 2.31. The molecule has 0 saturated heterocycles. The molecule has 166 valence electrons. The molecule has 0 aliphatic rings. The summed E-state index contributed by atoms with van der Waals surface area (Å²) in [5.41, 5.74) is 2.75. The maximum atomic E-state index is 12.3. The van der Waals surface area contributed by atoms with E-state index in [1.54, 1.807) is 0 Å². The molecule has 0 radical (unpaired) electrons. The van der Waals surface area contributed by atoms with Gasteiger partial charge in [0.25, 0.3) is 0 Å². The second-order valence-electron chi connectivity index (χ2n) is 7.16. The number of anilines is 1. The highest BCUT2D eigenvalue weighted by atomic mass is 32.2. The zero-order chi connectivity index (χ0) is 22.9. The fraction of sp³-hybridized carbons (Fsp3) is 0.238. The summed E-state index contributed by atoms with van der Waals surface area (Å²) in [6.07, 6.45) is -4.77. The average Bonchev–Trinajstić information content (AvgIpc) is 3.06. The van der Waals surface area contributed by atoms with Crippen molar-refractivity contribution in [3.63, 3.8) is 0 Å². The lowest BCUT2D eigenvalue weighted by Crippen LogP contribution is -2.17. The first-order chi connectivity index (χ1) is 15.2. The molecule has 0 atom stereocenters. The summed E-state index contributed by atoms with van der Waals surface area (Å²) >= 11 is 1.12. The number of halogens is 3. The third-order valence-corrected chi connectivity index (χ3v) is 5.35. The number of carbonyl (C=O) groups is 1. The van der Waals surface area contributed by atoms with E-state index < -0.39 is 6.36 Å². The van der Waals surface area contributed by atoms with Crippen molar-refractivity contribution in [3.8, 4) is 5.75 Å². The standard InChI is InChI=1S/C21H18F3N5O2S/c1-12(2)29-16-6-4-3-5-15(16)18-19(29)26-20(28-27-18)32-11-17(30)25-13-7-9-14(10-8-13)31-21(22,23)24/h3-10,12H,11H2,1-2H3,(H,25,30). The van der Waals surface area contributed by atoms with Crippen LogP contribution < -0.4 is 10.1 Å². The minimum absolute atomic E-state index is 0.00982. The zero-order valence-electron chi connectivity index (χ0n) is 17.1. The molecule has 0 aliphatic heterocycles. The minimum atomic E-state index is -4.77. The first-order valence-electron chi connectivity index (χ1n) is 9.63. The number of amides is 1. The van der Waals surface area contributed by atoms with E-state index in [9.17, 15) is 18.0 Å². The Balaban J connectivity index is 1.45. The summed E-state index contributed by atoms with van der Waals surface area (Å²) < 4.78 is 42.6. The predicted octanol–water partition coefficient (Wildman–Crippen LogP) is 5.19. The Hall–Kier alpha value is -3.34. The van der Waals surface area contributed by atoms with Crippen LogP contribution in [0.3, 0.4) is 0 Å². The van der Waals surface area contributed by atoms with Gasteiger partial charge in [-0.05, 0) is 44.2 Å². The Morgan fingerprint density at radius 3 is 2.53 bits per heavy atom. The number of ether oxygens (including phenoxy) is 1. The van der Waals surface area contributed by atoms with Crippen molar-refractivity contribution < 1.29 is 22.7 Å². The molecule has 0 bridgehead atoms. The number of rotatable bonds is 6. The van der Waals surface area contributed by atoms with Crippen LogP contribution in [0, 0.1) is 0 Å². The second-order valence-corrected chi connectivity index (χ2v) is 8.10. The number of carbonyl (C=O) groups excluding carboxylic acids is 1. The number of aromatic nitrogens is 4. The van der Waals surface area contributed by atoms with Gasteiger partial charge in [-0.3, -0.25) is 4.79 Å². The smallest absolute Gasteiger partial charge is 0.406 e. The van der Waals surface area contributed by atoms with Crippen LogP contribution in [0.1, 0.15) is 19.9 Å². The van der Waals surface area contributed by atoms with Gasteiger partial charge < -0.3 is 14.6 Å². The minimum Gasteiger partial charge on any atom is -0.406 e. The third-order valence-electron chi connectivity index (χ3n) is 4.52. The predicted molar refractivity (Wildman–Crippen MR) is 116 cm³/mol. The topological polar surface area (TPSA) is 81.9 Å². The number of alkyl halides is 3. The Morgan fingerprint density at radius 1 is 1.12 bits per heavy atom. The molecule has 0 unspecified atom stereocenters. The Labute approximate surface area is 185 Å². The molecular weight excluding hydrogens is 443 g/mol. The lowest BCUT2D eigenvalue weighted by atomic mass is 10.2. The maximum Gasteiger partial charge on any atom is 0.573 e. The van der Waals surface area contributed by atoms with Gasteiger partial charge in [-0.1, -0.05) is 30.0 Å². The van der Waals surface area contributed by atoms with Crippen LogP contribution >= 0.6 is 11.8 Å². The Bertz CT molecular complexity index is 1270. The van der Waals surface area contributed by atoms with E-state index in [1.165, 1.54) is 12.1 Å². The molecule has 7 nitrogen and oxygen atoms in total. The van der Waals surface area contributed by atoms with Crippen molar-refractivity contribution in [1.82, 2.24) is 19.7 Å². The second kappa shape index (κ2) is 8.65. The summed E-state index contributed by atoms with van der Waals surface area (Å²) in [4.78, 5) is 16.9. The van der Waals surface area contributed by atoms with Gasteiger partial charge in [0.05, 0.1) is 11.3 Å². The van der Waals surface area contributed by atoms with Gasteiger partial charge in [0.15, 0.2) is 5.65 Å². The first-order valence-corrected chi connectivity index (χ1v) is 10.6. The lowest BCUT2D eigenvalue weighted by Gasteiger charge is -2.10. The van der Waals surface area contributed by atoms with Crippen LogP contribution in [0.15, 0.2) is 53.7 Å². The highest BCUT2D eigenvalue weighted by Crippen LogP contribution is 2.30. The number of para-hydroxylation sites is 1. The number of nitrogens with zero attached hydrogens (tertiary/aromatic N) is 4. The summed E-state index contributed by atoms with van der Waals surface area (Å²) in [6.45, 7) is 4.11. The highest BCUT2D eigenvalue weighted by molar-refractivity contribution is 7.99. The fourth-order valence-electron chi connectivity index (χ4n) is 3.29. The van der Waals surface area contributed by atoms with Crippen LogP contribution in [0.4, 0.5) is 18.9 Å². The van der Waals surface area contributed by atoms with Crippen LogP contribution in [-0.4, -0.2) is 37.8 Å². The summed E-state index contributed by atoms with van der Waals surface area (Å²) in [5, 5.41) is 12.4. The molecule has 11 heteroatoms. The molecule has 1 N–H and O–H groups in total. The number of benzene rings is 2. The molecule has 2 aromatic heterocycles. The van der Waals surface area contributed by atoms with Crippen molar-refractivity contribution in [2.45, 2.75) is 31.4 Å². The van der Waals surface area contributed by atoms with Crippen molar-refractivity contribution in [2.75, 3.05) is 11.1 Å². The molecule has 0 saturated carbocycles. The van der Waals surface area contributed by atoms with Crippen molar-refractivity contribution in [1.29, 1.82) is 0 Å². The molecule has 0 spiro atoms. The SMILES string of the molecule is CC(C)n1c2ccccc2c2nnc(SCC(=O)Nc3ccc(OC(F)(F)F)cc3)nc21. The number of nitrogens with one attached hydrogen (secondary N) is 1. The summed E-state index contributed by atoms with van der Waals surface area (Å²) in [7, 11) is 0. The molecule has 4 aromatic rings. The molecule has 32 heavy (non-hydrogen) atoms.